The molecule has 0 N–H and O–H groups in total. The maximum atomic E-state index is 10.7. The summed E-state index contributed by atoms with van der Waals surface area (Å²) in [4.78, 5) is 10.7. The second-order valence-corrected chi connectivity index (χ2v) is 3.91. The van der Waals surface area contributed by atoms with E-state index >= 15 is 0 Å². The molecule has 1 aromatic rings. The molecule has 0 spiro atoms. The van der Waals surface area contributed by atoms with Crippen molar-refractivity contribution < 1.29 is 14.3 Å². The lowest BCUT2D eigenvalue weighted by Gasteiger charge is -2.14. The number of aldehydes is 1. The van der Waals surface area contributed by atoms with Crippen molar-refractivity contribution in [2.45, 2.75) is 19.8 Å². The zero-order valence-electron chi connectivity index (χ0n) is 10.0. The first-order chi connectivity index (χ1) is 7.69. The highest BCUT2D eigenvalue weighted by atomic mass is 16.5. The molecule has 0 aromatic heterocycles. The number of hydrogen-bond donors (Lipinski definition) is 0. The van der Waals surface area contributed by atoms with Crippen molar-refractivity contribution in [1.82, 2.24) is 0 Å². The molecule has 0 heterocycles. The Bertz CT molecular complexity index is 345. The molecule has 3 nitrogen and oxygen atoms in total. The van der Waals surface area contributed by atoms with Crippen LogP contribution in [0, 0.1) is 0 Å². The Morgan fingerprint density at radius 1 is 1.31 bits per heavy atom. The van der Waals surface area contributed by atoms with Crippen LogP contribution in [-0.2, 0) is 4.74 Å². The topological polar surface area (TPSA) is 35.5 Å². The van der Waals surface area contributed by atoms with Crippen molar-refractivity contribution in [3.8, 4) is 5.75 Å². The van der Waals surface area contributed by atoms with Crippen molar-refractivity contribution in [2.75, 3.05) is 20.3 Å². The zero-order valence-corrected chi connectivity index (χ0v) is 10.0. The van der Waals surface area contributed by atoms with Crippen LogP contribution in [-0.4, -0.2) is 26.6 Å². The lowest BCUT2D eigenvalue weighted by molar-refractivity contribution is 0.112. The summed E-state index contributed by atoms with van der Waals surface area (Å²) in [5.41, 5.74) is 1.74. The molecule has 0 bridgehead atoms. The van der Waals surface area contributed by atoms with E-state index in [0.717, 1.165) is 17.6 Å². The van der Waals surface area contributed by atoms with Gasteiger partial charge in [-0.3, -0.25) is 4.79 Å². The minimum absolute atomic E-state index is 0.331. The first-order valence-electron chi connectivity index (χ1n) is 5.40. The summed E-state index contributed by atoms with van der Waals surface area (Å²) in [5, 5.41) is 0. The maximum absolute atomic E-state index is 10.7. The molecule has 0 saturated heterocycles. The third-order valence-electron chi connectivity index (χ3n) is 2.34. The summed E-state index contributed by atoms with van der Waals surface area (Å²) in [6.07, 6.45) is 0.852. The van der Waals surface area contributed by atoms with Crippen molar-refractivity contribution >= 4 is 6.29 Å². The normalized spacial score (nSPS) is 10.5. The number of ether oxygens (including phenoxy) is 2. The summed E-state index contributed by atoms with van der Waals surface area (Å²) in [5.74, 6) is 1.16. The fraction of sp³-hybridized carbons (Fsp3) is 0.462. The average molecular weight is 222 g/mol. The quantitative estimate of drug-likeness (QED) is 0.548. The van der Waals surface area contributed by atoms with Crippen LogP contribution in [0.1, 0.15) is 35.7 Å². The number of benzene rings is 1. The smallest absolute Gasteiger partial charge is 0.150 e. The van der Waals surface area contributed by atoms with E-state index in [2.05, 4.69) is 13.8 Å². The number of methoxy groups -OCH3 is 1. The molecule has 1 rings (SSSR count). The van der Waals surface area contributed by atoms with Gasteiger partial charge < -0.3 is 9.47 Å². The number of rotatable bonds is 6. The number of carbonyl (C=O) groups is 1. The predicted octanol–water partition coefficient (Wildman–Crippen LogP) is 2.65. The molecule has 0 unspecified atom stereocenters. The summed E-state index contributed by atoms with van der Waals surface area (Å²) in [6, 6.07) is 5.48. The Hall–Kier alpha value is -1.35. The average Bonchev–Trinajstić information content (AvgIpc) is 2.29. The third kappa shape index (κ3) is 3.35. The van der Waals surface area contributed by atoms with Crippen LogP contribution < -0.4 is 4.74 Å². The highest BCUT2D eigenvalue weighted by Crippen LogP contribution is 2.27. The molecule has 0 atom stereocenters. The molecular formula is C13H18O3. The van der Waals surface area contributed by atoms with E-state index in [1.54, 1.807) is 13.2 Å². The largest absolute Gasteiger partial charge is 0.491 e. The van der Waals surface area contributed by atoms with Gasteiger partial charge >= 0.3 is 0 Å². The molecule has 0 aliphatic rings. The van der Waals surface area contributed by atoms with Gasteiger partial charge in [-0.25, -0.2) is 0 Å². The lowest BCUT2D eigenvalue weighted by Crippen LogP contribution is -2.06. The molecule has 0 aliphatic heterocycles. The van der Waals surface area contributed by atoms with E-state index in [-0.39, 0.29) is 0 Å². The molecule has 0 radical (unpaired) electrons. The molecule has 88 valence electrons. The third-order valence-corrected chi connectivity index (χ3v) is 2.34. The molecule has 1 aromatic carbocycles. The highest BCUT2D eigenvalue weighted by Gasteiger charge is 2.08. The summed E-state index contributed by atoms with van der Waals surface area (Å²) >= 11 is 0. The number of hydrogen-bond acceptors (Lipinski definition) is 3. The van der Waals surface area contributed by atoms with E-state index in [1.807, 2.05) is 12.1 Å². The minimum Gasteiger partial charge on any atom is -0.491 e. The number of carbonyl (C=O) groups excluding carboxylic acids is 1. The Balaban J connectivity index is 2.85. The standard InChI is InChI=1S/C13H18O3/c1-10(2)12-8-11(9-14)4-5-13(12)16-7-6-15-3/h4-5,8-10H,6-7H2,1-3H3. The molecule has 0 fully saturated rings. The van der Waals surface area contributed by atoms with E-state index in [4.69, 9.17) is 9.47 Å². The van der Waals surface area contributed by atoms with Gasteiger partial charge in [0, 0.05) is 12.7 Å². The van der Waals surface area contributed by atoms with Gasteiger partial charge in [0.15, 0.2) is 0 Å². The molecule has 0 amide bonds. The highest BCUT2D eigenvalue weighted by molar-refractivity contribution is 5.75. The first kappa shape index (κ1) is 12.7. The molecule has 16 heavy (non-hydrogen) atoms. The SMILES string of the molecule is COCCOc1ccc(C=O)cc1C(C)C. The van der Waals surface area contributed by atoms with Crippen LogP contribution in [0.15, 0.2) is 18.2 Å². The second kappa shape index (κ2) is 6.28. The summed E-state index contributed by atoms with van der Waals surface area (Å²) < 4.78 is 10.5. The van der Waals surface area contributed by atoms with E-state index in [0.29, 0.717) is 24.7 Å². The molecule has 3 heteroatoms. The summed E-state index contributed by atoms with van der Waals surface area (Å²) in [7, 11) is 1.64. The fourth-order valence-corrected chi connectivity index (χ4v) is 1.46. The Labute approximate surface area is 96.4 Å². The van der Waals surface area contributed by atoms with Crippen LogP contribution in [0.5, 0.6) is 5.75 Å². The van der Waals surface area contributed by atoms with E-state index in [1.165, 1.54) is 0 Å². The van der Waals surface area contributed by atoms with Crippen molar-refractivity contribution in [3.05, 3.63) is 29.3 Å². The fourth-order valence-electron chi connectivity index (χ4n) is 1.46. The van der Waals surface area contributed by atoms with Crippen molar-refractivity contribution in [2.24, 2.45) is 0 Å². The minimum atomic E-state index is 0.331. The van der Waals surface area contributed by atoms with E-state index in [9.17, 15) is 4.79 Å². The van der Waals surface area contributed by atoms with Gasteiger partial charge in [-0.15, -0.1) is 0 Å². The molecule has 0 aliphatic carbocycles. The molecular weight excluding hydrogens is 204 g/mol. The van der Waals surface area contributed by atoms with Crippen LogP contribution in [0.4, 0.5) is 0 Å². The van der Waals surface area contributed by atoms with E-state index < -0.39 is 0 Å². The van der Waals surface area contributed by atoms with Gasteiger partial charge in [0.25, 0.3) is 0 Å². The van der Waals surface area contributed by atoms with Gasteiger partial charge in [-0.2, -0.15) is 0 Å². The van der Waals surface area contributed by atoms with Gasteiger partial charge in [0.2, 0.25) is 0 Å². The maximum Gasteiger partial charge on any atom is 0.150 e. The van der Waals surface area contributed by atoms with Gasteiger partial charge in [0.1, 0.15) is 18.6 Å². The van der Waals surface area contributed by atoms with Crippen molar-refractivity contribution in [1.29, 1.82) is 0 Å². The van der Waals surface area contributed by atoms with Crippen LogP contribution in [0.25, 0.3) is 0 Å². The Morgan fingerprint density at radius 2 is 2.06 bits per heavy atom. The first-order valence-corrected chi connectivity index (χ1v) is 5.40. The summed E-state index contributed by atoms with van der Waals surface area (Å²) in [6.45, 7) is 5.24. The van der Waals surface area contributed by atoms with Gasteiger partial charge in [-0.05, 0) is 29.7 Å². The van der Waals surface area contributed by atoms with Gasteiger partial charge in [0.05, 0.1) is 6.61 Å². The lowest BCUT2D eigenvalue weighted by atomic mass is 10.00. The van der Waals surface area contributed by atoms with Crippen LogP contribution >= 0.6 is 0 Å². The van der Waals surface area contributed by atoms with Crippen molar-refractivity contribution in [3.63, 3.8) is 0 Å². The van der Waals surface area contributed by atoms with Crippen LogP contribution in [0.2, 0.25) is 0 Å². The Morgan fingerprint density at radius 3 is 2.62 bits per heavy atom. The molecule has 0 saturated carbocycles. The predicted molar refractivity (Wildman–Crippen MR) is 63.3 cm³/mol. The second-order valence-electron chi connectivity index (χ2n) is 3.91. The monoisotopic (exact) mass is 222 g/mol. The zero-order chi connectivity index (χ0) is 12.0. The van der Waals surface area contributed by atoms with Crippen LogP contribution in [0.3, 0.4) is 0 Å². The Kier molecular flexibility index (Phi) is 4.99. The van der Waals surface area contributed by atoms with Gasteiger partial charge in [-0.1, -0.05) is 13.8 Å².